The lowest BCUT2D eigenvalue weighted by Crippen LogP contribution is -2.29. The quantitative estimate of drug-likeness (QED) is 0.583. The average Bonchev–Trinajstić information content (AvgIpc) is 3.23. The fourth-order valence-corrected chi connectivity index (χ4v) is 5.44. The third kappa shape index (κ3) is 3.87. The normalized spacial score (nSPS) is 12.0. The first-order valence-electron chi connectivity index (χ1n) is 6.97. The highest BCUT2D eigenvalue weighted by Gasteiger charge is 2.26. The number of hydrogen-bond donors (Lipinski definition) is 0. The minimum absolute atomic E-state index is 0.0120. The Morgan fingerprint density at radius 2 is 1.58 bits per heavy atom. The first-order chi connectivity index (χ1) is 11.5. The van der Waals surface area contributed by atoms with Crippen LogP contribution < -0.4 is 0 Å². The molecule has 24 heavy (non-hydrogen) atoms. The molecule has 0 radical (unpaired) electrons. The van der Waals surface area contributed by atoms with Crippen molar-refractivity contribution in [1.29, 1.82) is 0 Å². The van der Waals surface area contributed by atoms with Gasteiger partial charge in [-0.05, 0) is 41.1 Å². The molecule has 126 valence electrons. The van der Waals surface area contributed by atoms with Crippen LogP contribution in [0.1, 0.15) is 9.75 Å². The van der Waals surface area contributed by atoms with Gasteiger partial charge < -0.3 is 0 Å². The van der Waals surface area contributed by atoms with Gasteiger partial charge in [-0.25, -0.2) is 12.8 Å². The van der Waals surface area contributed by atoms with Gasteiger partial charge in [0, 0.05) is 22.8 Å². The lowest BCUT2D eigenvalue weighted by Gasteiger charge is -2.21. The maximum Gasteiger partial charge on any atom is 0.243 e. The van der Waals surface area contributed by atoms with Gasteiger partial charge in [0.1, 0.15) is 5.82 Å². The molecule has 3 rings (SSSR count). The summed E-state index contributed by atoms with van der Waals surface area (Å²) in [5, 5.41) is 3.60. The number of sulfonamides is 1. The molecule has 0 unspecified atom stereocenters. The van der Waals surface area contributed by atoms with Crippen molar-refractivity contribution in [3.63, 3.8) is 0 Å². The van der Waals surface area contributed by atoms with Crippen LogP contribution in [0.4, 0.5) is 4.39 Å². The molecule has 0 spiro atoms. The largest absolute Gasteiger partial charge is 0.243 e. The predicted molar refractivity (Wildman–Crippen MR) is 96.5 cm³/mol. The van der Waals surface area contributed by atoms with E-state index in [4.69, 9.17) is 11.6 Å². The van der Waals surface area contributed by atoms with Gasteiger partial charge in [-0.1, -0.05) is 23.7 Å². The Morgan fingerprint density at radius 3 is 2.04 bits per heavy atom. The zero-order valence-corrected chi connectivity index (χ0v) is 15.6. The van der Waals surface area contributed by atoms with E-state index >= 15 is 0 Å². The molecule has 0 atom stereocenters. The predicted octanol–water partition coefficient (Wildman–Crippen LogP) is 4.99. The van der Waals surface area contributed by atoms with Crippen molar-refractivity contribution < 1.29 is 12.8 Å². The second-order valence-electron chi connectivity index (χ2n) is 5.01. The van der Waals surface area contributed by atoms with Gasteiger partial charge in [-0.3, -0.25) is 0 Å². The van der Waals surface area contributed by atoms with E-state index in [1.54, 1.807) is 0 Å². The van der Waals surface area contributed by atoms with Gasteiger partial charge in [0.15, 0.2) is 0 Å². The Morgan fingerprint density at radius 1 is 1.00 bits per heavy atom. The molecule has 0 aliphatic carbocycles. The van der Waals surface area contributed by atoms with Crippen LogP contribution >= 0.6 is 34.3 Å². The lowest BCUT2D eigenvalue weighted by atomic mass is 10.3. The molecule has 3 aromatic rings. The minimum atomic E-state index is -3.80. The summed E-state index contributed by atoms with van der Waals surface area (Å²) in [4.78, 5) is 1.86. The Bertz CT molecular complexity index is 873. The summed E-state index contributed by atoms with van der Waals surface area (Å²) in [6, 6.07) is 11.0. The van der Waals surface area contributed by atoms with E-state index in [1.807, 2.05) is 35.0 Å². The van der Waals surface area contributed by atoms with Crippen LogP contribution in [-0.4, -0.2) is 12.7 Å². The molecule has 2 aromatic heterocycles. The molecule has 0 aliphatic heterocycles. The fourth-order valence-electron chi connectivity index (χ4n) is 2.16. The third-order valence-corrected chi connectivity index (χ3v) is 7.15. The number of thiophene rings is 2. The van der Waals surface area contributed by atoms with E-state index in [-0.39, 0.29) is 23.0 Å². The van der Waals surface area contributed by atoms with Crippen molar-refractivity contribution in [2.24, 2.45) is 0 Å². The standard InChI is InChI=1S/C16H13ClFNO2S3/c17-15-9-14(5-6-16(15)18)24(20,21)19(10-12-3-1-7-22-12)11-13-4-2-8-23-13/h1-9H,10-11H2. The zero-order chi connectivity index (χ0) is 17.2. The highest BCUT2D eigenvalue weighted by Crippen LogP contribution is 2.26. The summed E-state index contributed by atoms with van der Waals surface area (Å²) < 4.78 is 40.7. The van der Waals surface area contributed by atoms with Crippen molar-refractivity contribution >= 4 is 44.3 Å². The highest BCUT2D eigenvalue weighted by atomic mass is 35.5. The molecule has 8 heteroatoms. The Hall–Kier alpha value is -1.25. The van der Waals surface area contributed by atoms with Gasteiger partial charge in [0.05, 0.1) is 9.92 Å². The molecule has 0 aliphatic rings. The van der Waals surface area contributed by atoms with Gasteiger partial charge >= 0.3 is 0 Å². The number of rotatable bonds is 6. The topological polar surface area (TPSA) is 37.4 Å². The van der Waals surface area contributed by atoms with Crippen LogP contribution in [-0.2, 0) is 23.1 Å². The molecule has 3 nitrogen and oxygen atoms in total. The molecule has 2 heterocycles. The Balaban J connectivity index is 1.97. The van der Waals surface area contributed by atoms with Crippen LogP contribution in [0, 0.1) is 5.82 Å². The molecule has 1 aromatic carbocycles. The third-order valence-electron chi connectivity index (χ3n) is 3.35. The molecule has 0 bridgehead atoms. The van der Waals surface area contributed by atoms with Crippen LogP contribution in [0.3, 0.4) is 0 Å². The summed E-state index contributed by atoms with van der Waals surface area (Å²) >= 11 is 8.74. The van der Waals surface area contributed by atoms with Gasteiger partial charge in [-0.15, -0.1) is 22.7 Å². The van der Waals surface area contributed by atoms with E-state index in [0.717, 1.165) is 21.9 Å². The van der Waals surface area contributed by atoms with Crippen LogP contribution in [0.15, 0.2) is 58.1 Å². The summed E-state index contributed by atoms with van der Waals surface area (Å²) in [6.07, 6.45) is 0. The Kier molecular flexibility index (Phi) is 5.36. The number of halogens is 2. The second kappa shape index (κ2) is 7.33. The summed E-state index contributed by atoms with van der Waals surface area (Å²) in [5.41, 5.74) is 0. The monoisotopic (exact) mass is 401 g/mol. The summed E-state index contributed by atoms with van der Waals surface area (Å²) in [6.45, 7) is 0.514. The smallest absolute Gasteiger partial charge is 0.207 e. The molecule has 0 fully saturated rings. The minimum Gasteiger partial charge on any atom is -0.207 e. The van der Waals surface area contributed by atoms with E-state index < -0.39 is 15.8 Å². The number of benzene rings is 1. The number of nitrogens with zero attached hydrogens (tertiary/aromatic N) is 1. The highest BCUT2D eigenvalue weighted by molar-refractivity contribution is 7.89. The number of hydrogen-bond acceptors (Lipinski definition) is 4. The van der Waals surface area contributed by atoms with Crippen molar-refractivity contribution in [3.05, 3.63) is 73.8 Å². The van der Waals surface area contributed by atoms with Crippen molar-refractivity contribution in [2.45, 2.75) is 18.0 Å². The molecule has 0 saturated heterocycles. The summed E-state index contributed by atoms with van der Waals surface area (Å²) in [7, 11) is -3.80. The first kappa shape index (κ1) is 17.6. The molecule has 0 N–H and O–H groups in total. The fraction of sp³-hybridized carbons (Fsp3) is 0.125. The van der Waals surface area contributed by atoms with E-state index in [9.17, 15) is 12.8 Å². The SMILES string of the molecule is O=S(=O)(c1ccc(F)c(Cl)c1)N(Cc1cccs1)Cc1cccs1. The lowest BCUT2D eigenvalue weighted by molar-refractivity contribution is 0.407. The van der Waals surface area contributed by atoms with Crippen LogP contribution in [0.25, 0.3) is 0 Å². The van der Waals surface area contributed by atoms with E-state index in [0.29, 0.717) is 0 Å². The average molecular weight is 402 g/mol. The summed E-state index contributed by atoms with van der Waals surface area (Å²) in [5.74, 6) is -0.640. The van der Waals surface area contributed by atoms with Gasteiger partial charge in [-0.2, -0.15) is 4.31 Å². The molecular weight excluding hydrogens is 389 g/mol. The van der Waals surface area contributed by atoms with Crippen molar-refractivity contribution in [1.82, 2.24) is 4.31 Å². The molecule has 0 amide bonds. The maximum absolute atomic E-state index is 13.4. The molecule has 0 saturated carbocycles. The van der Waals surface area contributed by atoms with Gasteiger partial charge in [0.2, 0.25) is 10.0 Å². The van der Waals surface area contributed by atoms with Crippen LogP contribution in [0.2, 0.25) is 5.02 Å². The van der Waals surface area contributed by atoms with E-state index in [1.165, 1.54) is 33.0 Å². The van der Waals surface area contributed by atoms with Crippen molar-refractivity contribution in [2.75, 3.05) is 0 Å². The van der Waals surface area contributed by atoms with Crippen LogP contribution in [0.5, 0.6) is 0 Å². The molecular formula is C16H13ClFNO2S3. The second-order valence-corrected chi connectivity index (χ2v) is 9.42. The maximum atomic E-state index is 13.4. The van der Waals surface area contributed by atoms with Gasteiger partial charge in [0.25, 0.3) is 0 Å². The Labute approximate surface area is 153 Å². The zero-order valence-electron chi connectivity index (χ0n) is 12.4. The van der Waals surface area contributed by atoms with Crippen molar-refractivity contribution in [3.8, 4) is 0 Å². The van der Waals surface area contributed by atoms with E-state index in [2.05, 4.69) is 0 Å². The first-order valence-corrected chi connectivity index (χ1v) is 10.5.